The highest BCUT2D eigenvalue weighted by atomic mass is 35.5. The lowest BCUT2D eigenvalue weighted by Crippen LogP contribution is -2.10. The fraction of sp³-hybridized carbons (Fsp3) is 0.0909. The first-order valence-electron chi connectivity index (χ1n) is 8.90. The number of benzene rings is 3. The number of para-hydroxylation sites is 1. The summed E-state index contributed by atoms with van der Waals surface area (Å²) in [5.41, 5.74) is 2.72. The van der Waals surface area contributed by atoms with Gasteiger partial charge in [-0.15, -0.1) is 0 Å². The van der Waals surface area contributed by atoms with Crippen LogP contribution >= 0.6 is 23.2 Å². The van der Waals surface area contributed by atoms with Gasteiger partial charge in [0.2, 0.25) is 5.95 Å². The van der Waals surface area contributed by atoms with Crippen LogP contribution in [0, 0.1) is 0 Å². The number of rotatable bonds is 5. The number of nitrogens with zero attached hydrogens (tertiary/aromatic N) is 2. The molecular formula is C22H18Cl2N4. The maximum Gasteiger partial charge on any atom is 0.229 e. The van der Waals surface area contributed by atoms with E-state index in [4.69, 9.17) is 28.2 Å². The molecule has 0 aliphatic rings. The van der Waals surface area contributed by atoms with Crippen molar-refractivity contribution in [2.24, 2.45) is 0 Å². The SMILES string of the molecule is CC(Nc1nc(Nc2ccc(Cl)cc2Cl)nc2ccccc12)c1ccccc1. The Balaban J connectivity index is 1.71. The van der Waals surface area contributed by atoms with E-state index < -0.39 is 0 Å². The van der Waals surface area contributed by atoms with Crippen molar-refractivity contribution < 1.29 is 0 Å². The summed E-state index contributed by atoms with van der Waals surface area (Å²) in [6.45, 7) is 2.11. The van der Waals surface area contributed by atoms with E-state index in [2.05, 4.69) is 34.7 Å². The predicted molar refractivity (Wildman–Crippen MR) is 118 cm³/mol. The lowest BCUT2D eigenvalue weighted by Gasteiger charge is -2.17. The minimum absolute atomic E-state index is 0.0893. The normalized spacial score (nSPS) is 12.0. The molecule has 0 bridgehead atoms. The number of fused-ring (bicyclic) bond motifs is 1. The van der Waals surface area contributed by atoms with Gasteiger partial charge in [0.15, 0.2) is 0 Å². The molecule has 0 amide bonds. The maximum absolute atomic E-state index is 6.28. The number of halogens is 2. The zero-order valence-corrected chi connectivity index (χ0v) is 16.7. The molecule has 0 fully saturated rings. The van der Waals surface area contributed by atoms with Crippen molar-refractivity contribution >= 4 is 51.6 Å². The first-order chi connectivity index (χ1) is 13.6. The lowest BCUT2D eigenvalue weighted by atomic mass is 10.1. The molecule has 0 aliphatic carbocycles. The van der Waals surface area contributed by atoms with Crippen molar-refractivity contribution in [3.05, 3.63) is 88.4 Å². The number of aromatic nitrogens is 2. The molecule has 1 unspecified atom stereocenters. The molecule has 0 saturated carbocycles. The monoisotopic (exact) mass is 408 g/mol. The number of hydrogen-bond acceptors (Lipinski definition) is 4. The molecule has 3 aromatic carbocycles. The molecule has 140 valence electrons. The predicted octanol–water partition coefficient (Wildman–Crippen LogP) is 6.85. The number of hydrogen-bond donors (Lipinski definition) is 2. The minimum atomic E-state index is 0.0893. The van der Waals surface area contributed by atoms with Gasteiger partial charge in [-0.05, 0) is 42.8 Å². The van der Waals surface area contributed by atoms with Gasteiger partial charge in [-0.1, -0.05) is 65.7 Å². The summed E-state index contributed by atoms with van der Waals surface area (Å²) < 4.78 is 0. The van der Waals surface area contributed by atoms with Crippen LogP contribution in [0.15, 0.2) is 72.8 Å². The molecule has 0 spiro atoms. The van der Waals surface area contributed by atoms with Gasteiger partial charge in [-0.25, -0.2) is 4.98 Å². The second-order valence-corrected chi connectivity index (χ2v) is 7.28. The van der Waals surface area contributed by atoms with E-state index in [1.54, 1.807) is 12.1 Å². The molecule has 1 atom stereocenters. The Morgan fingerprint density at radius 3 is 2.39 bits per heavy atom. The van der Waals surface area contributed by atoms with E-state index >= 15 is 0 Å². The molecule has 6 heteroatoms. The van der Waals surface area contributed by atoms with Crippen LogP contribution in [-0.4, -0.2) is 9.97 Å². The summed E-state index contributed by atoms with van der Waals surface area (Å²) in [6.07, 6.45) is 0. The topological polar surface area (TPSA) is 49.8 Å². The van der Waals surface area contributed by atoms with Gasteiger partial charge < -0.3 is 10.6 Å². The van der Waals surface area contributed by atoms with Crippen LogP contribution in [0.1, 0.15) is 18.5 Å². The van der Waals surface area contributed by atoms with E-state index in [-0.39, 0.29) is 6.04 Å². The Bertz CT molecular complexity index is 1120. The molecule has 2 N–H and O–H groups in total. The van der Waals surface area contributed by atoms with Crippen molar-refractivity contribution in [2.75, 3.05) is 10.6 Å². The standard InChI is InChI=1S/C22H18Cl2N4/c1-14(15-7-3-2-4-8-15)25-21-17-9-5-6-10-19(17)26-22(28-21)27-20-12-11-16(23)13-18(20)24/h2-14H,1H3,(H2,25,26,27,28). The Morgan fingerprint density at radius 2 is 1.61 bits per heavy atom. The molecule has 1 heterocycles. The summed E-state index contributed by atoms with van der Waals surface area (Å²) in [5.74, 6) is 1.22. The Labute approximate surface area is 173 Å². The first-order valence-corrected chi connectivity index (χ1v) is 9.66. The Kier molecular flexibility index (Phi) is 5.33. The van der Waals surface area contributed by atoms with Crippen LogP contribution in [0.25, 0.3) is 10.9 Å². The van der Waals surface area contributed by atoms with E-state index in [9.17, 15) is 0 Å². The molecule has 0 aliphatic heterocycles. The molecule has 28 heavy (non-hydrogen) atoms. The third kappa shape index (κ3) is 4.03. The van der Waals surface area contributed by atoms with Crippen LogP contribution in [-0.2, 0) is 0 Å². The molecule has 0 radical (unpaired) electrons. The summed E-state index contributed by atoms with van der Waals surface area (Å²) >= 11 is 12.3. The van der Waals surface area contributed by atoms with Crippen molar-refractivity contribution in [3.63, 3.8) is 0 Å². The molecule has 1 aromatic heterocycles. The highest BCUT2D eigenvalue weighted by Gasteiger charge is 2.12. The van der Waals surface area contributed by atoms with Crippen molar-refractivity contribution in [1.29, 1.82) is 0 Å². The fourth-order valence-corrected chi connectivity index (χ4v) is 3.44. The second kappa shape index (κ2) is 8.05. The van der Waals surface area contributed by atoms with Crippen molar-refractivity contribution in [1.82, 2.24) is 9.97 Å². The average Bonchev–Trinajstić information content (AvgIpc) is 2.71. The highest BCUT2D eigenvalue weighted by Crippen LogP contribution is 2.30. The zero-order valence-electron chi connectivity index (χ0n) is 15.2. The second-order valence-electron chi connectivity index (χ2n) is 6.44. The van der Waals surface area contributed by atoms with Crippen LogP contribution in [0.2, 0.25) is 10.0 Å². The van der Waals surface area contributed by atoms with Gasteiger partial charge in [0.1, 0.15) is 5.82 Å². The van der Waals surface area contributed by atoms with Gasteiger partial charge in [0, 0.05) is 16.5 Å². The van der Waals surface area contributed by atoms with Crippen LogP contribution in [0.4, 0.5) is 17.5 Å². The summed E-state index contributed by atoms with van der Waals surface area (Å²) in [7, 11) is 0. The third-order valence-corrected chi connectivity index (χ3v) is 4.98. The summed E-state index contributed by atoms with van der Waals surface area (Å²) in [5, 5.41) is 8.74. The van der Waals surface area contributed by atoms with E-state index in [1.165, 1.54) is 5.56 Å². The van der Waals surface area contributed by atoms with Crippen LogP contribution < -0.4 is 10.6 Å². The third-order valence-electron chi connectivity index (χ3n) is 4.43. The Hall–Kier alpha value is -2.82. The molecule has 4 nitrogen and oxygen atoms in total. The highest BCUT2D eigenvalue weighted by molar-refractivity contribution is 6.36. The van der Waals surface area contributed by atoms with E-state index in [0.717, 1.165) is 16.7 Å². The van der Waals surface area contributed by atoms with Gasteiger partial charge in [0.05, 0.1) is 16.2 Å². The summed E-state index contributed by atoms with van der Waals surface area (Å²) in [4.78, 5) is 9.32. The maximum atomic E-state index is 6.28. The lowest BCUT2D eigenvalue weighted by molar-refractivity contribution is 0.876. The van der Waals surface area contributed by atoms with Gasteiger partial charge >= 0.3 is 0 Å². The van der Waals surface area contributed by atoms with Crippen molar-refractivity contribution in [3.8, 4) is 0 Å². The zero-order chi connectivity index (χ0) is 19.5. The Morgan fingerprint density at radius 1 is 0.857 bits per heavy atom. The van der Waals surface area contributed by atoms with Crippen LogP contribution in [0.5, 0.6) is 0 Å². The molecular weight excluding hydrogens is 391 g/mol. The quantitative estimate of drug-likeness (QED) is 0.378. The van der Waals surface area contributed by atoms with Crippen LogP contribution in [0.3, 0.4) is 0 Å². The van der Waals surface area contributed by atoms with Gasteiger partial charge in [-0.3, -0.25) is 0 Å². The molecule has 4 rings (SSSR count). The summed E-state index contributed by atoms with van der Waals surface area (Å²) in [6, 6.07) is 23.5. The van der Waals surface area contributed by atoms with Gasteiger partial charge in [-0.2, -0.15) is 4.98 Å². The van der Waals surface area contributed by atoms with E-state index in [1.807, 2.05) is 48.5 Å². The smallest absolute Gasteiger partial charge is 0.229 e. The molecule has 4 aromatic rings. The average molecular weight is 409 g/mol. The fourth-order valence-electron chi connectivity index (χ4n) is 2.98. The number of nitrogens with one attached hydrogen (secondary N) is 2. The van der Waals surface area contributed by atoms with E-state index in [0.29, 0.717) is 21.7 Å². The minimum Gasteiger partial charge on any atom is -0.363 e. The number of anilines is 3. The van der Waals surface area contributed by atoms with Crippen molar-refractivity contribution in [2.45, 2.75) is 13.0 Å². The first kappa shape index (κ1) is 18.5. The molecule has 0 saturated heterocycles. The largest absolute Gasteiger partial charge is 0.363 e. The van der Waals surface area contributed by atoms with Gasteiger partial charge in [0.25, 0.3) is 0 Å².